The van der Waals surface area contributed by atoms with Crippen LogP contribution in [-0.2, 0) is 19.1 Å². The Morgan fingerprint density at radius 1 is 1.13 bits per heavy atom. The van der Waals surface area contributed by atoms with Crippen LogP contribution in [0.3, 0.4) is 0 Å². The maximum absolute atomic E-state index is 12.4. The van der Waals surface area contributed by atoms with Crippen LogP contribution in [0.1, 0.15) is 70.9 Å². The Kier molecular flexibility index (Phi) is 7.23. The van der Waals surface area contributed by atoms with Gasteiger partial charge in [0.1, 0.15) is 12.1 Å². The van der Waals surface area contributed by atoms with Gasteiger partial charge in [-0.05, 0) is 36.3 Å². The number of benzene rings is 1. The Morgan fingerprint density at radius 3 is 2.17 bits per heavy atom. The van der Waals surface area contributed by atoms with Gasteiger partial charge in [0.25, 0.3) is 11.8 Å². The number of rotatable bonds is 8. The van der Waals surface area contributed by atoms with E-state index in [9.17, 15) is 19.2 Å². The molecule has 0 spiro atoms. The van der Waals surface area contributed by atoms with Gasteiger partial charge < -0.3 is 15.4 Å². The first-order valence-corrected chi connectivity index (χ1v) is 10.2. The Bertz CT molecular complexity index is 823. The van der Waals surface area contributed by atoms with Crippen molar-refractivity contribution < 1.29 is 23.9 Å². The van der Waals surface area contributed by atoms with Gasteiger partial charge in [-0.15, -0.1) is 0 Å². The molecule has 2 N–H and O–H groups in total. The highest BCUT2D eigenvalue weighted by molar-refractivity contribution is 6.08. The predicted molar refractivity (Wildman–Crippen MR) is 113 cm³/mol. The molecule has 1 fully saturated rings. The summed E-state index contributed by atoms with van der Waals surface area (Å²) in [6, 6.07) is 5.24. The van der Waals surface area contributed by atoms with Crippen molar-refractivity contribution in [2.75, 3.05) is 18.5 Å². The molecule has 1 saturated heterocycles. The van der Waals surface area contributed by atoms with Gasteiger partial charge in [0.15, 0.2) is 6.61 Å². The van der Waals surface area contributed by atoms with Crippen LogP contribution < -0.4 is 10.6 Å². The lowest BCUT2D eigenvalue weighted by atomic mass is 9.92. The number of nitrogens with one attached hydrogen (secondary N) is 2. The average Bonchev–Trinajstić information content (AvgIpc) is 2.89. The standard InChI is InChI=1S/C22H31N3O5/c1-7-22(6)20(28)25(21(29)24-22)11-18(27)30-12-17(26)23-19-15(13(2)3)9-8-10-16(19)14(4)5/h8-10,13-14H,7,11-12H2,1-6H3,(H,23,26)(H,24,29)/t22-/m1/s1. The molecule has 0 aliphatic carbocycles. The van der Waals surface area contributed by atoms with Crippen molar-refractivity contribution in [1.82, 2.24) is 10.2 Å². The normalized spacial score (nSPS) is 18.7. The van der Waals surface area contributed by atoms with Crippen molar-refractivity contribution in [3.8, 4) is 0 Å². The van der Waals surface area contributed by atoms with E-state index in [-0.39, 0.29) is 11.8 Å². The highest BCUT2D eigenvalue weighted by atomic mass is 16.5. The molecular weight excluding hydrogens is 386 g/mol. The first kappa shape index (κ1) is 23.4. The minimum absolute atomic E-state index is 0.203. The molecule has 8 heteroatoms. The molecule has 1 atom stereocenters. The molecule has 0 unspecified atom stereocenters. The molecule has 0 aromatic heterocycles. The number of hydrogen-bond donors (Lipinski definition) is 2. The summed E-state index contributed by atoms with van der Waals surface area (Å²) in [5, 5.41) is 5.42. The van der Waals surface area contributed by atoms with Gasteiger partial charge in [-0.2, -0.15) is 0 Å². The van der Waals surface area contributed by atoms with Crippen molar-refractivity contribution in [3.63, 3.8) is 0 Å². The number of amides is 4. The number of nitrogens with zero attached hydrogens (tertiary/aromatic N) is 1. The van der Waals surface area contributed by atoms with Gasteiger partial charge in [0.05, 0.1) is 0 Å². The summed E-state index contributed by atoms with van der Waals surface area (Å²) in [6.45, 7) is 10.5. The van der Waals surface area contributed by atoms with E-state index in [2.05, 4.69) is 10.6 Å². The van der Waals surface area contributed by atoms with E-state index in [4.69, 9.17) is 4.74 Å². The van der Waals surface area contributed by atoms with Gasteiger partial charge in [-0.3, -0.25) is 19.3 Å². The second kappa shape index (κ2) is 9.28. The zero-order valence-electron chi connectivity index (χ0n) is 18.5. The highest BCUT2D eigenvalue weighted by Gasteiger charge is 2.47. The molecule has 1 aromatic rings. The van der Waals surface area contributed by atoms with Gasteiger partial charge in [-0.1, -0.05) is 52.8 Å². The monoisotopic (exact) mass is 417 g/mol. The second-order valence-corrected chi connectivity index (χ2v) is 8.34. The van der Waals surface area contributed by atoms with E-state index < -0.39 is 42.5 Å². The summed E-state index contributed by atoms with van der Waals surface area (Å²) in [5.74, 6) is -1.38. The number of ether oxygens (including phenoxy) is 1. The zero-order chi connectivity index (χ0) is 22.6. The summed E-state index contributed by atoms with van der Waals surface area (Å²) in [6.07, 6.45) is 0.402. The molecule has 4 amide bonds. The number of hydrogen-bond acceptors (Lipinski definition) is 5. The molecule has 0 radical (unpaired) electrons. The fraction of sp³-hybridized carbons (Fsp3) is 0.545. The Hall–Kier alpha value is -2.90. The zero-order valence-corrected chi connectivity index (χ0v) is 18.5. The average molecular weight is 418 g/mol. The van der Waals surface area contributed by atoms with Gasteiger partial charge >= 0.3 is 12.0 Å². The van der Waals surface area contributed by atoms with Crippen LogP contribution >= 0.6 is 0 Å². The molecule has 0 saturated carbocycles. The smallest absolute Gasteiger partial charge is 0.326 e. The van der Waals surface area contributed by atoms with Crippen LogP contribution in [0.5, 0.6) is 0 Å². The Morgan fingerprint density at radius 2 is 1.70 bits per heavy atom. The van der Waals surface area contributed by atoms with Crippen molar-refractivity contribution in [2.24, 2.45) is 0 Å². The topological polar surface area (TPSA) is 105 Å². The third-order valence-corrected chi connectivity index (χ3v) is 5.34. The summed E-state index contributed by atoms with van der Waals surface area (Å²) in [7, 11) is 0. The number of para-hydroxylation sites is 1. The van der Waals surface area contributed by atoms with E-state index in [1.165, 1.54) is 0 Å². The molecule has 1 aliphatic heterocycles. The van der Waals surface area contributed by atoms with Gasteiger partial charge in [-0.25, -0.2) is 4.79 Å². The van der Waals surface area contributed by atoms with Gasteiger partial charge in [0.2, 0.25) is 0 Å². The van der Waals surface area contributed by atoms with E-state index >= 15 is 0 Å². The van der Waals surface area contributed by atoms with Crippen molar-refractivity contribution >= 4 is 29.5 Å². The van der Waals surface area contributed by atoms with Crippen molar-refractivity contribution in [3.05, 3.63) is 29.3 Å². The van der Waals surface area contributed by atoms with Crippen molar-refractivity contribution in [1.29, 1.82) is 0 Å². The first-order valence-electron chi connectivity index (χ1n) is 10.2. The van der Waals surface area contributed by atoms with E-state index in [1.54, 1.807) is 13.8 Å². The quantitative estimate of drug-likeness (QED) is 0.499. The van der Waals surface area contributed by atoms with Crippen LogP contribution in [-0.4, -0.2) is 47.4 Å². The summed E-state index contributed by atoms with van der Waals surface area (Å²) < 4.78 is 5.01. The lowest BCUT2D eigenvalue weighted by molar-refractivity contribution is -0.150. The SMILES string of the molecule is CC[C@@]1(C)NC(=O)N(CC(=O)OCC(=O)Nc2c(C(C)C)cccc2C(C)C)C1=O. The molecule has 2 rings (SSSR count). The summed E-state index contributed by atoms with van der Waals surface area (Å²) in [5.41, 5.74) is 1.71. The summed E-state index contributed by atoms with van der Waals surface area (Å²) >= 11 is 0. The van der Waals surface area contributed by atoms with Crippen LogP contribution in [0.2, 0.25) is 0 Å². The molecule has 1 aliphatic rings. The molecule has 30 heavy (non-hydrogen) atoms. The number of esters is 1. The number of urea groups is 1. The van der Waals surface area contributed by atoms with Gasteiger partial charge in [0, 0.05) is 5.69 Å². The fourth-order valence-corrected chi connectivity index (χ4v) is 3.32. The Labute approximate surface area is 177 Å². The number of carbonyl (C=O) groups is 4. The maximum Gasteiger partial charge on any atom is 0.326 e. The van der Waals surface area contributed by atoms with Crippen LogP contribution in [0, 0.1) is 0 Å². The molecule has 1 heterocycles. The fourth-order valence-electron chi connectivity index (χ4n) is 3.32. The second-order valence-electron chi connectivity index (χ2n) is 8.34. The van der Waals surface area contributed by atoms with E-state index in [0.717, 1.165) is 21.7 Å². The van der Waals surface area contributed by atoms with Crippen molar-refractivity contribution in [2.45, 2.75) is 65.3 Å². The maximum atomic E-state index is 12.4. The third kappa shape index (κ3) is 4.98. The Balaban J connectivity index is 2.00. The number of anilines is 1. The highest BCUT2D eigenvalue weighted by Crippen LogP contribution is 2.32. The van der Waals surface area contributed by atoms with E-state index in [0.29, 0.717) is 6.42 Å². The largest absolute Gasteiger partial charge is 0.454 e. The number of imide groups is 1. The van der Waals surface area contributed by atoms with E-state index in [1.807, 2.05) is 45.9 Å². The van der Waals surface area contributed by atoms with Crippen LogP contribution in [0.25, 0.3) is 0 Å². The third-order valence-electron chi connectivity index (χ3n) is 5.34. The molecule has 1 aromatic carbocycles. The number of carbonyl (C=O) groups excluding carboxylic acids is 4. The minimum Gasteiger partial charge on any atom is -0.454 e. The lowest BCUT2D eigenvalue weighted by Gasteiger charge is -2.20. The first-order chi connectivity index (χ1) is 14.0. The lowest BCUT2D eigenvalue weighted by Crippen LogP contribution is -2.43. The molecule has 0 bridgehead atoms. The molecule has 164 valence electrons. The summed E-state index contributed by atoms with van der Waals surface area (Å²) in [4.78, 5) is 49.7. The molecular formula is C22H31N3O5. The molecule has 8 nitrogen and oxygen atoms in total. The predicted octanol–water partition coefficient (Wildman–Crippen LogP) is 3.14. The van der Waals surface area contributed by atoms with Crippen LogP contribution in [0.4, 0.5) is 10.5 Å². The minimum atomic E-state index is -1.03. The van der Waals surface area contributed by atoms with Crippen LogP contribution in [0.15, 0.2) is 18.2 Å².